The van der Waals surface area contributed by atoms with Gasteiger partial charge < -0.3 is 14.8 Å². The standard InChI is InChI=1S/C22H26N2O5S/c1-15-5-2-3-8-19(15)24-22(25)17-6-4-7-18(12-17)30(26,27)23-13-16-9-10-20-21(11-16)29-14-28-20/h4,6-7,9-12,15,19,23H,2-3,5,8,13-14H2,1H3,(H,24,25). The minimum atomic E-state index is -3.77. The van der Waals surface area contributed by atoms with Gasteiger partial charge in [-0.25, -0.2) is 13.1 Å². The second-order valence-electron chi connectivity index (χ2n) is 7.88. The molecule has 4 rings (SSSR count). The molecule has 1 saturated carbocycles. The molecule has 1 aliphatic heterocycles. The van der Waals surface area contributed by atoms with E-state index in [0.717, 1.165) is 24.8 Å². The van der Waals surface area contributed by atoms with Crippen LogP contribution in [0.3, 0.4) is 0 Å². The molecule has 0 radical (unpaired) electrons. The van der Waals surface area contributed by atoms with Crippen LogP contribution in [0.25, 0.3) is 0 Å². The highest BCUT2D eigenvalue weighted by Gasteiger charge is 2.24. The molecule has 0 aromatic heterocycles. The zero-order valence-electron chi connectivity index (χ0n) is 16.9. The zero-order valence-corrected chi connectivity index (χ0v) is 17.7. The second kappa shape index (κ2) is 8.65. The Morgan fingerprint density at radius 1 is 1.07 bits per heavy atom. The molecule has 1 aliphatic carbocycles. The largest absolute Gasteiger partial charge is 0.454 e. The molecule has 0 bridgehead atoms. The Balaban J connectivity index is 1.43. The Labute approximate surface area is 176 Å². The molecule has 1 amide bonds. The van der Waals surface area contributed by atoms with Gasteiger partial charge >= 0.3 is 0 Å². The van der Waals surface area contributed by atoms with Gasteiger partial charge in [-0.3, -0.25) is 4.79 Å². The van der Waals surface area contributed by atoms with Crippen LogP contribution in [-0.2, 0) is 16.6 Å². The van der Waals surface area contributed by atoms with Gasteiger partial charge in [0, 0.05) is 18.2 Å². The zero-order chi connectivity index (χ0) is 21.1. The molecule has 2 aromatic rings. The maximum atomic E-state index is 12.8. The summed E-state index contributed by atoms with van der Waals surface area (Å²) in [4.78, 5) is 12.7. The molecule has 1 fully saturated rings. The summed E-state index contributed by atoms with van der Waals surface area (Å²) in [6.45, 7) is 2.42. The second-order valence-corrected chi connectivity index (χ2v) is 9.65. The van der Waals surface area contributed by atoms with Crippen molar-refractivity contribution in [2.45, 2.75) is 50.1 Å². The summed E-state index contributed by atoms with van der Waals surface area (Å²) in [5, 5.41) is 3.07. The van der Waals surface area contributed by atoms with E-state index in [4.69, 9.17) is 9.47 Å². The molecule has 160 valence electrons. The number of nitrogens with one attached hydrogen (secondary N) is 2. The number of carbonyl (C=O) groups is 1. The van der Waals surface area contributed by atoms with Crippen molar-refractivity contribution in [2.75, 3.05) is 6.79 Å². The summed E-state index contributed by atoms with van der Waals surface area (Å²) >= 11 is 0. The van der Waals surface area contributed by atoms with E-state index in [-0.39, 0.29) is 30.2 Å². The Bertz CT molecular complexity index is 1040. The van der Waals surface area contributed by atoms with Gasteiger partial charge in [-0.15, -0.1) is 0 Å². The number of hydrogen-bond donors (Lipinski definition) is 2. The number of carbonyl (C=O) groups excluding carboxylic acids is 1. The average molecular weight is 431 g/mol. The van der Waals surface area contributed by atoms with Crippen molar-refractivity contribution in [2.24, 2.45) is 5.92 Å². The minimum Gasteiger partial charge on any atom is -0.454 e. The van der Waals surface area contributed by atoms with Crippen LogP contribution in [0, 0.1) is 5.92 Å². The monoisotopic (exact) mass is 430 g/mol. The fourth-order valence-electron chi connectivity index (χ4n) is 3.90. The van der Waals surface area contributed by atoms with Crippen molar-refractivity contribution in [3.63, 3.8) is 0 Å². The van der Waals surface area contributed by atoms with E-state index in [0.29, 0.717) is 23.0 Å². The van der Waals surface area contributed by atoms with Crippen LogP contribution >= 0.6 is 0 Å². The number of amides is 1. The van der Waals surface area contributed by atoms with Gasteiger partial charge in [-0.2, -0.15) is 0 Å². The molecular weight excluding hydrogens is 404 g/mol. The Kier molecular flexibility index (Phi) is 5.97. The number of benzene rings is 2. The SMILES string of the molecule is CC1CCCCC1NC(=O)c1cccc(S(=O)(=O)NCc2ccc3c(c2)OCO3)c1. The number of fused-ring (bicyclic) bond motifs is 1. The number of sulfonamides is 1. The van der Waals surface area contributed by atoms with Crippen LogP contribution in [0.5, 0.6) is 11.5 Å². The van der Waals surface area contributed by atoms with Crippen molar-refractivity contribution in [3.05, 3.63) is 53.6 Å². The fourth-order valence-corrected chi connectivity index (χ4v) is 4.96. The highest BCUT2D eigenvalue weighted by molar-refractivity contribution is 7.89. The molecular formula is C22H26N2O5S. The maximum absolute atomic E-state index is 12.8. The van der Waals surface area contributed by atoms with Gasteiger partial charge in [-0.1, -0.05) is 31.9 Å². The van der Waals surface area contributed by atoms with Crippen molar-refractivity contribution in [1.82, 2.24) is 10.0 Å². The molecule has 7 nitrogen and oxygen atoms in total. The van der Waals surface area contributed by atoms with Crippen LogP contribution in [0.15, 0.2) is 47.4 Å². The molecule has 0 spiro atoms. The van der Waals surface area contributed by atoms with Crippen LogP contribution < -0.4 is 19.5 Å². The number of hydrogen-bond acceptors (Lipinski definition) is 5. The predicted molar refractivity (Wildman–Crippen MR) is 112 cm³/mol. The summed E-state index contributed by atoms with van der Waals surface area (Å²) in [5.74, 6) is 1.44. The first-order chi connectivity index (χ1) is 14.4. The summed E-state index contributed by atoms with van der Waals surface area (Å²) in [6.07, 6.45) is 4.36. The lowest BCUT2D eigenvalue weighted by molar-refractivity contribution is 0.0910. The average Bonchev–Trinajstić information content (AvgIpc) is 3.22. The van der Waals surface area contributed by atoms with Gasteiger partial charge in [-0.05, 0) is 54.7 Å². The predicted octanol–water partition coefficient (Wildman–Crippen LogP) is 3.20. The Morgan fingerprint density at radius 3 is 2.70 bits per heavy atom. The summed E-state index contributed by atoms with van der Waals surface area (Å²) in [6, 6.07) is 11.6. The first kappa shape index (κ1) is 20.7. The van der Waals surface area contributed by atoms with E-state index in [1.54, 1.807) is 30.3 Å². The third-order valence-corrected chi connectivity index (χ3v) is 7.14. The summed E-state index contributed by atoms with van der Waals surface area (Å²) < 4.78 is 38.7. The summed E-state index contributed by atoms with van der Waals surface area (Å²) in [7, 11) is -3.77. The topological polar surface area (TPSA) is 93.7 Å². The van der Waals surface area contributed by atoms with E-state index in [2.05, 4.69) is 17.0 Å². The number of rotatable bonds is 6. The minimum absolute atomic E-state index is 0.0626. The maximum Gasteiger partial charge on any atom is 0.251 e. The molecule has 2 unspecified atom stereocenters. The third kappa shape index (κ3) is 4.60. The molecule has 30 heavy (non-hydrogen) atoms. The first-order valence-corrected chi connectivity index (χ1v) is 11.7. The van der Waals surface area contributed by atoms with Crippen LogP contribution in [0.1, 0.15) is 48.5 Å². The quantitative estimate of drug-likeness (QED) is 0.734. The van der Waals surface area contributed by atoms with E-state index in [9.17, 15) is 13.2 Å². The van der Waals surface area contributed by atoms with Crippen LogP contribution in [0.2, 0.25) is 0 Å². The van der Waals surface area contributed by atoms with Crippen LogP contribution in [0.4, 0.5) is 0 Å². The first-order valence-electron chi connectivity index (χ1n) is 10.2. The molecule has 8 heteroatoms. The van der Waals surface area contributed by atoms with Crippen molar-refractivity contribution < 1.29 is 22.7 Å². The highest BCUT2D eigenvalue weighted by atomic mass is 32.2. The van der Waals surface area contributed by atoms with Crippen LogP contribution in [-0.4, -0.2) is 27.2 Å². The molecule has 2 aromatic carbocycles. The third-order valence-electron chi connectivity index (χ3n) is 5.74. The van der Waals surface area contributed by atoms with Gasteiger partial charge in [0.2, 0.25) is 16.8 Å². The molecule has 0 saturated heterocycles. The lowest BCUT2D eigenvalue weighted by Gasteiger charge is -2.29. The normalized spacial score (nSPS) is 20.7. The molecule has 2 N–H and O–H groups in total. The van der Waals surface area contributed by atoms with E-state index >= 15 is 0 Å². The van der Waals surface area contributed by atoms with E-state index in [1.807, 2.05) is 0 Å². The van der Waals surface area contributed by atoms with Gasteiger partial charge in [0.05, 0.1) is 4.90 Å². The Morgan fingerprint density at radius 2 is 1.87 bits per heavy atom. The molecule has 1 heterocycles. The van der Waals surface area contributed by atoms with Gasteiger partial charge in [0.1, 0.15) is 0 Å². The molecule has 2 aliphatic rings. The van der Waals surface area contributed by atoms with Gasteiger partial charge in [0.15, 0.2) is 11.5 Å². The van der Waals surface area contributed by atoms with Crippen molar-refractivity contribution >= 4 is 15.9 Å². The lowest BCUT2D eigenvalue weighted by atomic mass is 9.86. The van der Waals surface area contributed by atoms with E-state index < -0.39 is 10.0 Å². The highest BCUT2D eigenvalue weighted by Crippen LogP contribution is 2.32. The van der Waals surface area contributed by atoms with Crippen molar-refractivity contribution in [1.29, 1.82) is 0 Å². The Hall–Kier alpha value is -2.58. The lowest BCUT2D eigenvalue weighted by Crippen LogP contribution is -2.41. The summed E-state index contributed by atoms with van der Waals surface area (Å²) in [5.41, 5.74) is 1.10. The van der Waals surface area contributed by atoms with E-state index in [1.165, 1.54) is 18.6 Å². The number of ether oxygens (including phenoxy) is 2. The fraction of sp³-hybridized carbons (Fsp3) is 0.409. The molecule has 2 atom stereocenters. The van der Waals surface area contributed by atoms with Crippen molar-refractivity contribution in [3.8, 4) is 11.5 Å². The smallest absolute Gasteiger partial charge is 0.251 e. The van der Waals surface area contributed by atoms with Gasteiger partial charge in [0.25, 0.3) is 5.91 Å².